The van der Waals surface area contributed by atoms with Crippen molar-refractivity contribution in [1.82, 2.24) is 4.90 Å². The molecule has 1 aliphatic rings. The van der Waals surface area contributed by atoms with Crippen LogP contribution in [0.4, 0.5) is 13.2 Å². The number of carbonyl (C=O) groups excluding carboxylic acids is 4. The molecule has 1 aliphatic heterocycles. The second-order valence-electron chi connectivity index (χ2n) is 4.98. The largest absolute Gasteiger partial charge is 0.465 e. The van der Waals surface area contributed by atoms with Crippen molar-refractivity contribution >= 4 is 23.6 Å². The summed E-state index contributed by atoms with van der Waals surface area (Å²) in [5.74, 6) is -4.45. The smallest absolute Gasteiger partial charge is 0.450 e. The molecule has 128 valence electrons. The highest BCUT2D eigenvalue weighted by Crippen LogP contribution is 2.22. The summed E-state index contributed by atoms with van der Waals surface area (Å²) in [5, 5.41) is 0. The van der Waals surface area contributed by atoms with E-state index in [4.69, 9.17) is 0 Å². The van der Waals surface area contributed by atoms with Gasteiger partial charge in [0, 0.05) is 6.54 Å². The van der Waals surface area contributed by atoms with Crippen LogP contribution in [0.5, 0.6) is 0 Å². The van der Waals surface area contributed by atoms with E-state index in [-0.39, 0.29) is 30.7 Å². The van der Waals surface area contributed by atoms with Gasteiger partial charge in [0.1, 0.15) is 6.42 Å². The number of ether oxygens (including phenoxy) is 1. The maximum atomic E-state index is 12.0. The molecule has 1 heterocycles. The van der Waals surface area contributed by atoms with Gasteiger partial charge in [-0.15, -0.1) is 0 Å². The van der Waals surface area contributed by atoms with Crippen molar-refractivity contribution in [3.8, 4) is 0 Å². The van der Waals surface area contributed by atoms with Crippen LogP contribution in [0.1, 0.15) is 33.6 Å². The third-order valence-electron chi connectivity index (χ3n) is 3.29. The van der Waals surface area contributed by atoms with E-state index in [1.165, 1.54) is 12.1 Å². The minimum atomic E-state index is -5.08. The molecule has 24 heavy (non-hydrogen) atoms. The van der Waals surface area contributed by atoms with Crippen LogP contribution in [-0.2, 0) is 14.3 Å². The summed E-state index contributed by atoms with van der Waals surface area (Å²) >= 11 is 0. The molecule has 0 bridgehead atoms. The third-order valence-corrected chi connectivity index (χ3v) is 3.29. The van der Waals surface area contributed by atoms with Crippen molar-refractivity contribution in [2.24, 2.45) is 0 Å². The van der Waals surface area contributed by atoms with E-state index < -0.39 is 36.2 Å². The van der Waals surface area contributed by atoms with Crippen molar-refractivity contribution in [3.63, 3.8) is 0 Å². The number of carbonyl (C=O) groups is 4. The normalized spacial score (nSPS) is 13.9. The number of nitrogens with zero attached hydrogens (tertiary/aromatic N) is 1. The van der Waals surface area contributed by atoms with Gasteiger partial charge < -0.3 is 4.74 Å². The zero-order valence-electron chi connectivity index (χ0n) is 12.3. The van der Waals surface area contributed by atoms with Crippen LogP contribution in [0.25, 0.3) is 0 Å². The van der Waals surface area contributed by atoms with Crippen LogP contribution in [0.3, 0.4) is 0 Å². The monoisotopic (exact) mass is 343 g/mol. The number of ketones is 1. The van der Waals surface area contributed by atoms with Crippen LogP contribution < -0.4 is 0 Å². The Bertz CT molecular complexity index is 664. The average molecular weight is 343 g/mol. The van der Waals surface area contributed by atoms with E-state index in [1.54, 1.807) is 12.1 Å². The standard InChI is InChI=1S/C15H12F3NO5/c16-15(17,18)11(20)8-12(21)24-7-3-6-19-13(22)9-4-1-2-5-10(9)14(19)23/h1-2,4-5H,3,6-8H2. The molecule has 0 atom stereocenters. The summed E-state index contributed by atoms with van der Waals surface area (Å²) in [6.45, 7) is -0.357. The number of halogens is 3. The Morgan fingerprint density at radius 1 is 1.04 bits per heavy atom. The predicted molar refractivity (Wildman–Crippen MR) is 73.1 cm³/mol. The van der Waals surface area contributed by atoms with Crippen LogP contribution in [0, 0.1) is 0 Å². The highest BCUT2D eigenvalue weighted by molar-refractivity contribution is 6.21. The lowest BCUT2D eigenvalue weighted by molar-refractivity contribution is -0.174. The number of hydrogen-bond donors (Lipinski definition) is 0. The van der Waals surface area contributed by atoms with E-state index >= 15 is 0 Å². The zero-order chi connectivity index (χ0) is 17.9. The van der Waals surface area contributed by atoms with E-state index in [0.717, 1.165) is 4.90 Å². The van der Waals surface area contributed by atoms with Crippen molar-refractivity contribution < 1.29 is 37.1 Å². The van der Waals surface area contributed by atoms with E-state index in [2.05, 4.69) is 4.74 Å². The third kappa shape index (κ3) is 3.79. The maximum absolute atomic E-state index is 12.0. The van der Waals surface area contributed by atoms with Gasteiger partial charge in [-0.2, -0.15) is 13.2 Å². The molecule has 1 aromatic carbocycles. The number of rotatable bonds is 6. The van der Waals surface area contributed by atoms with E-state index in [9.17, 15) is 32.3 Å². The Labute approximate surface area is 134 Å². The predicted octanol–water partition coefficient (Wildman–Crippen LogP) is 1.74. The van der Waals surface area contributed by atoms with E-state index in [0.29, 0.717) is 0 Å². The minimum absolute atomic E-state index is 0.0488. The Hall–Kier alpha value is -2.71. The average Bonchev–Trinajstić information content (AvgIpc) is 2.75. The molecule has 2 amide bonds. The second kappa shape index (κ2) is 6.81. The van der Waals surface area contributed by atoms with Crippen molar-refractivity contribution in [2.45, 2.75) is 19.0 Å². The molecule has 6 nitrogen and oxygen atoms in total. The molecule has 0 aromatic heterocycles. The number of benzene rings is 1. The van der Waals surface area contributed by atoms with Gasteiger partial charge in [-0.1, -0.05) is 12.1 Å². The lowest BCUT2D eigenvalue weighted by Crippen LogP contribution is -2.31. The molecular weight excluding hydrogens is 331 g/mol. The first-order valence-electron chi connectivity index (χ1n) is 6.92. The first kappa shape index (κ1) is 17.6. The molecule has 0 fully saturated rings. The number of imide groups is 1. The highest BCUT2D eigenvalue weighted by Gasteiger charge is 2.39. The molecule has 2 rings (SSSR count). The van der Waals surface area contributed by atoms with Gasteiger partial charge in [-0.3, -0.25) is 24.1 Å². The molecule has 0 N–H and O–H groups in total. The molecule has 1 aromatic rings. The Morgan fingerprint density at radius 3 is 2.08 bits per heavy atom. The Morgan fingerprint density at radius 2 is 1.58 bits per heavy atom. The fourth-order valence-electron chi connectivity index (χ4n) is 2.13. The fraction of sp³-hybridized carbons (Fsp3) is 0.333. The summed E-state index contributed by atoms with van der Waals surface area (Å²) in [4.78, 5) is 46.7. The van der Waals surface area contributed by atoms with Crippen LogP contribution in [-0.4, -0.2) is 47.8 Å². The lowest BCUT2D eigenvalue weighted by atomic mass is 10.1. The number of alkyl halides is 3. The summed E-state index contributed by atoms with van der Waals surface area (Å²) in [5.41, 5.74) is 0.547. The van der Waals surface area contributed by atoms with Crippen LogP contribution >= 0.6 is 0 Å². The zero-order valence-corrected chi connectivity index (χ0v) is 12.3. The van der Waals surface area contributed by atoms with Crippen LogP contribution in [0.15, 0.2) is 24.3 Å². The van der Waals surface area contributed by atoms with Gasteiger partial charge in [0.15, 0.2) is 0 Å². The first-order valence-corrected chi connectivity index (χ1v) is 6.92. The lowest BCUT2D eigenvalue weighted by Gasteiger charge is -2.13. The SMILES string of the molecule is O=C(CC(=O)C(F)(F)F)OCCCN1C(=O)c2ccccc2C1=O. The van der Waals surface area contributed by atoms with Gasteiger partial charge in [-0.25, -0.2) is 0 Å². The summed E-state index contributed by atoms with van der Waals surface area (Å²) < 4.78 is 40.4. The minimum Gasteiger partial charge on any atom is -0.465 e. The molecule has 0 saturated carbocycles. The van der Waals surface area contributed by atoms with Crippen molar-refractivity contribution in [2.75, 3.05) is 13.2 Å². The summed E-state index contributed by atoms with van der Waals surface area (Å²) in [6.07, 6.45) is -6.42. The topological polar surface area (TPSA) is 80.8 Å². The molecule has 0 saturated heterocycles. The number of amides is 2. The fourth-order valence-corrected chi connectivity index (χ4v) is 2.13. The van der Waals surface area contributed by atoms with Crippen LogP contribution in [0.2, 0.25) is 0 Å². The van der Waals surface area contributed by atoms with Gasteiger partial charge in [0.2, 0.25) is 5.78 Å². The van der Waals surface area contributed by atoms with Gasteiger partial charge in [-0.05, 0) is 18.6 Å². The van der Waals surface area contributed by atoms with E-state index in [1.807, 2.05) is 0 Å². The van der Waals surface area contributed by atoms with Gasteiger partial charge >= 0.3 is 12.1 Å². The van der Waals surface area contributed by atoms with Gasteiger partial charge in [0.25, 0.3) is 11.8 Å². The van der Waals surface area contributed by atoms with Crippen molar-refractivity contribution in [1.29, 1.82) is 0 Å². The molecule has 0 unspecified atom stereocenters. The number of fused-ring (bicyclic) bond motifs is 1. The quantitative estimate of drug-likeness (QED) is 0.340. The molecule has 9 heteroatoms. The number of esters is 1. The molecular formula is C15H12F3NO5. The van der Waals surface area contributed by atoms with Gasteiger partial charge in [0.05, 0.1) is 17.7 Å². The van der Waals surface area contributed by atoms with Crippen molar-refractivity contribution in [3.05, 3.63) is 35.4 Å². The molecule has 0 spiro atoms. The Balaban J connectivity index is 1.78. The summed E-state index contributed by atoms with van der Waals surface area (Å²) in [6, 6.07) is 6.26. The highest BCUT2D eigenvalue weighted by atomic mass is 19.4. The number of hydrogen-bond acceptors (Lipinski definition) is 5. The molecule has 0 aliphatic carbocycles. The maximum Gasteiger partial charge on any atom is 0.450 e. The first-order chi connectivity index (χ1) is 11.2. The second-order valence-corrected chi connectivity index (χ2v) is 4.98. The molecule has 0 radical (unpaired) electrons. The Kier molecular flexibility index (Phi) is 5.01. The summed E-state index contributed by atoms with van der Waals surface area (Å²) in [7, 11) is 0. The number of Topliss-reactive ketones (excluding diaryl/α,β-unsaturated/α-hetero) is 1.